The first kappa shape index (κ1) is 56.6. The molecule has 6 aromatic carbocycles. The van der Waals surface area contributed by atoms with Crippen molar-refractivity contribution in [1.82, 2.24) is 0 Å². The Hall–Kier alpha value is -4.68. The summed E-state index contributed by atoms with van der Waals surface area (Å²) in [4.78, 5) is 0. The summed E-state index contributed by atoms with van der Waals surface area (Å²) in [7, 11) is 0. The fraction of sp³-hybridized carbons (Fsp3) is 0.500. The molecular formula is C72H98. The van der Waals surface area contributed by atoms with Crippen LogP contribution in [-0.4, -0.2) is 0 Å². The van der Waals surface area contributed by atoms with Gasteiger partial charge in [0, 0.05) is 0 Å². The Morgan fingerprint density at radius 2 is 0.431 bits per heavy atom. The second-order valence-corrected chi connectivity index (χ2v) is 30.3. The fourth-order valence-electron chi connectivity index (χ4n) is 12.0. The number of hydrogen-bond acceptors (Lipinski definition) is 0. The van der Waals surface area contributed by atoms with Crippen molar-refractivity contribution >= 4 is 0 Å². The molecule has 0 fully saturated rings. The molecule has 0 unspecified atom stereocenters. The van der Waals surface area contributed by atoms with Gasteiger partial charge in [0.2, 0.25) is 0 Å². The lowest BCUT2D eigenvalue weighted by Gasteiger charge is -2.36. The van der Waals surface area contributed by atoms with Crippen LogP contribution in [0.4, 0.5) is 0 Å². The molecule has 0 saturated carbocycles. The van der Waals surface area contributed by atoms with E-state index >= 15 is 0 Å². The van der Waals surface area contributed by atoms with Crippen molar-refractivity contribution < 1.29 is 0 Å². The zero-order valence-electron chi connectivity index (χ0n) is 51.1. The Morgan fingerprint density at radius 3 is 0.667 bits per heavy atom. The standard InChI is InChI=1S/C72H98/c1-43-34-48(58(69(17,18)19)39-54(43)65(5,6)7)50-38-51(49-35-44(2)55(66(8,9)10)40-59(49)70(20,21)22)64(53-37-46(4)57(68(14,15)16)42-61(53)72(26,27)28)62(47-32-30-29-31-33-47)63(50)52-36-45(3)56(67(11,12)13)41-60(52)71(23,24)25/h29-42H,1-28H3. The summed E-state index contributed by atoms with van der Waals surface area (Å²) in [5.74, 6) is 0. The monoisotopic (exact) mass is 963 g/mol. The van der Waals surface area contributed by atoms with Crippen molar-refractivity contribution in [3.05, 3.63) is 152 Å². The van der Waals surface area contributed by atoms with Gasteiger partial charge in [-0.05, 0) is 199 Å². The van der Waals surface area contributed by atoms with E-state index in [4.69, 9.17) is 0 Å². The lowest BCUT2D eigenvalue weighted by Crippen LogP contribution is -2.21. The molecule has 0 aliphatic heterocycles. The van der Waals surface area contributed by atoms with E-state index in [-0.39, 0.29) is 43.3 Å². The Kier molecular flexibility index (Phi) is 14.6. The maximum atomic E-state index is 2.69. The third kappa shape index (κ3) is 11.2. The Balaban J connectivity index is 2.17. The van der Waals surface area contributed by atoms with Crippen LogP contribution in [0.3, 0.4) is 0 Å². The summed E-state index contributed by atoms with van der Waals surface area (Å²) >= 11 is 0. The van der Waals surface area contributed by atoms with Crippen molar-refractivity contribution in [2.75, 3.05) is 0 Å². The van der Waals surface area contributed by atoms with E-state index in [0.717, 1.165) is 0 Å². The molecular weight excluding hydrogens is 865 g/mol. The lowest BCUT2D eigenvalue weighted by atomic mass is 9.68. The average molecular weight is 964 g/mol. The van der Waals surface area contributed by atoms with Gasteiger partial charge in [0.15, 0.2) is 0 Å². The van der Waals surface area contributed by atoms with E-state index in [0.29, 0.717) is 0 Å². The van der Waals surface area contributed by atoms with Crippen LogP contribution in [0.15, 0.2) is 84.9 Å². The first-order valence-corrected chi connectivity index (χ1v) is 27.4. The normalized spacial score (nSPS) is 13.6. The molecule has 72 heavy (non-hydrogen) atoms. The maximum Gasteiger partial charge on any atom is -0.00141 e. The quantitative estimate of drug-likeness (QED) is 0.162. The summed E-state index contributed by atoms with van der Waals surface area (Å²) in [6.45, 7) is 67.0. The molecule has 6 rings (SSSR count). The smallest absolute Gasteiger partial charge is 0.00141 e. The van der Waals surface area contributed by atoms with Gasteiger partial charge in [0.05, 0.1) is 0 Å². The Bertz CT molecular complexity index is 2820. The molecule has 0 atom stereocenters. The number of aryl methyl sites for hydroxylation is 4. The highest BCUT2D eigenvalue weighted by atomic mass is 14.4. The van der Waals surface area contributed by atoms with Crippen LogP contribution < -0.4 is 0 Å². The Morgan fingerprint density at radius 1 is 0.208 bits per heavy atom. The summed E-state index contributed by atoms with van der Waals surface area (Å²) < 4.78 is 0. The van der Waals surface area contributed by atoms with E-state index in [1.165, 1.54) is 122 Å². The van der Waals surface area contributed by atoms with Crippen molar-refractivity contribution in [3.8, 4) is 55.6 Å². The summed E-state index contributed by atoms with van der Waals surface area (Å²) in [5, 5.41) is 0. The summed E-state index contributed by atoms with van der Waals surface area (Å²) in [6, 6.07) is 34.9. The molecule has 0 radical (unpaired) electrons. The molecule has 0 saturated heterocycles. The van der Waals surface area contributed by atoms with Gasteiger partial charge in [-0.3, -0.25) is 0 Å². The maximum absolute atomic E-state index is 2.69. The van der Waals surface area contributed by atoms with E-state index in [1.807, 2.05) is 0 Å². The zero-order chi connectivity index (χ0) is 54.6. The van der Waals surface area contributed by atoms with Crippen LogP contribution in [0.2, 0.25) is 0 Å². The van der Waals surface area contributed by atoms with Crippen molar-refractivity contribution in [1.29, 1.82) is 0 Å². The van der Waals surface area contributed by atoms with Crippen LogP contribution in [-0.2, 0) is 43.3 Å². The molecule has 386 valence electrons. The predicted octanol–water partition coefficient (Wildman–Crippen LogP) is 21.6. The highest BCUT2D eigenvalue weighted by Crippen LogP contribution is 2.57. The highest BCUT2D eigenvalue weighted by Gasteiger charge is 2.36. The van der Waals surface area contributed by atoms with Gasteiger partial charge < -0.3 is 0 Å². The zero-order valence-corrected chi connectivity index (χ0v) is 51.1. The SMILES string of the molecule is Cc1cc(-c2cc(-c3cc(C)c(C(C)(C)C)cc3C(C)(C)C)c(-c3cc(C)c(C(C)(C)C)cc3C(C)(C)C)c(-c3ccccc3)c2-c2cc(C)c(C(C)(C)C)cc2C(C)(C)C)c(C(C)(C)C)cc1C(C)(C)C. The van der Waals surface area contributed by atoms with E-state index < -0.39 is 0 Å². The molecule has 6 aromatic rings. The third-order valence-corrected chi connectivity index (χ3v) is 15.4. The molecule has 0 spiro atoms. The van der Waals surface area contributed by atoms with Crippen molar-refractivity contribution in [3.63, 3.8) is 0 Å². The largest absolute Gasteiger partial charge is 0.0622 e. The number of rotatable bonds is 5. The minimum Gasteiger partial charge on any atom is -0.0622 e. The van der Waals surface area contributed by atoms with Gasteiger partial charge in [0.1, 0.15) is 0 Å². The fourth-order valence-corrected chi connectivity index (χ4v) is 12.0. The first-order chi connectivity index (χ1) is 32.5. The Labute approximate surface area is 442 Å². The van der Waals surface area contributed by atoms with Gasteiger partial charge in [-0.2, -0.15) is 0 Å². The van der Waals surface area contributed by atoms with Gasteiger partial charge in [-0.15, -0.1) is 0 Å². The highest BCUT2D eigenvalue weighted by molar-refractivity contribution is 6.09. The second kappa shape index (κ2) is 18.6. The molecule has 0 N–H and O–H groups in total. The summed E-state index contributed by atoms with van der Waals surface area (Å²) in [6.07, 6.45) is 0. The number of hydrogen-bond donors (Lipinski definition) is 0. The second-order valence-electron chi connectivity index (χ2n) is 30.3. The minimum atomic E-state index is -0.174. The van der Waals surface area contributed by atoms with Crippen LogP contribution in [0.5, 0.6) is 0 Å². The molecule has 0 nitrogen and oxygen atoms in total. The van der Waals surface area contributed by atoms with Gasteiger partial charge in [-0.25, -0.2) is 0 Å². The third-order valence-electron chi connectivity index (χ3n) is 15.4. The van der Waals surface area contributed by atoms with E-state index in [1.54, 1.807) is 0 Å². The predicted molar refractivity (Wildman–Crippen MR) is 322 cm³/mol. The van der Waals surface area contributed by atoms with Gasteiger partial charge in [0.25, 0.3) is 0 Å². The van der Waals surface area contributed by atoms with E-state index in [2.05, 4.69) is 279 Å². The number of benzene rings is 6. The van der Waals surface area contributed by atoms with Crippen LogP contribution in [0, 0.1) is 27.7 Å². The molecule has 0 amide bonds. The van der Waals surface area contributed by atoms with Gasteiger partial charge in [-0.1, -0.05) is 245 Å². The summed E-state index contributed by atoms with van der Waals surface area (Å²) in [5.41, 5.74) is 28.8. The van der Waals surface area contributed by atoms with Crippen LogP contribution in [0.25, 0.3) is 55.6 Å². The lowest BCUT2D eigenvalue weighted by molar-refractivity contribution is 0.565. The molecule has 0 heterocycles. The topological polar surface area (TPSA) is 0 Å². The molecule has 0 aromatic heterocycles. The van der Waals surface area contributed by atoms with Crippen molar-refractivity contribution in [2.45, 2.75) is 237 Å². The molecule has 0 bridgehead atoms. The average Bonchev–Trinajstić information content (AvgIpc) is 3.19. The minimum absolute atomic E-state index is 0.0245. The van der Waals surface area contributed by atoms with Crippen LogP contribution >= 0.6 is 0 Å². The van der Waals surface area contributed by atoms with Crippen LogP contribution in [0.1, 0.15) is 233 Å². The van der Waals surface area contributed by atoms with Gasteiger partial charge >= 0.3 is 0 Å². The van der Waals surface area contributed by atoms with E-state index in [9.17, 15) is 0 Å². The first-order valence-electron chi connectivity index (χ1n) is 27.4. The molecule has 0 heteroatoms. The molecule has 0 aliphatic carbocycles. The van der Waals surface area contributed by atoms with Crippen molar-refractivity contribution in [2.24, 2.45) is 0 Å². The molecule has 0 aliphatic rings.